The van der Waals surface area contributed by atoms with Gasteiger partial charge in [-0.1, -0.05) is 49.7 Å². The van der Waals surface area contributed by atoms with Gasteiger partial charge in [-0.3, -0.25) is 0 Å². The van der Waals surface area contributed by atoms with Gasteiger partial charge in [0.15, 0.2) is 5.11 Å². The first-order chi connectivity index (χ1) is 11.2. The summed E-state index contributed by atoms with van der Waals surface area (Å²) in [6.07, 6.45) is 2.18. The molecule has 2 N–H and O–H groups in total. The van der Waals surface area contributed by atoms with Gasteiger partial charge in [0.05, 0.1) is 7.11 Å². The van der Waals surface area contributed by atoms with Gasteiger partial charge in [0.1, 0.15) is 5.75 Å². The van der Waals surface area contributed by atoms with Crippen LogP contribution in [0.1, 0.15) is 18.9 Å². The molecule has 2 rings (SSSR count). The van der Waals surface area contributed by atoms with Gasteiger partial charge in [-0.15, -0.1) is 0 Å². The van der Waals surface area contributed by atoms with Crippen LogP contribution in [0.25, 0.3) is 0 Å². The first kappa shape index (κ1) is 17.3. The van der Waals surface area contributed by atoms with E-state index >= 15 is 0 Å². The Balaban J connectivity index is 1.82. The van der Waals surface area contributed by atoms with E-state index in [4.69, 9.17) is 17.0 Å². The lowest BCUT2D eigenvalue weighted by atomic mass is 9.97. The Bertz CT molecular complexity index is 616. The van der Waals surface area contributed by atoms with Gasteiger partial charge in [0.25, 0.3) is 0 Å². The summed E-state index contributed by atoms with van der Waals surface area (Å²) >= 11 is 5.38. The molecule has 0 aliphatic rings. The molecule has 0 fully saturated rings. The van der Waals surface area contributed by atoms with Crippen molar-refractivity contribution in [2.24, 2.45) is 5.92 Å². The Morgan fingerprint density at radius 2 is 1.91 bits per heavy atom. The Morgan fingerprint density at radius 1 is 1.13 bits per heavy atom. The van der Waals surface area contributed by atoms with Crippen LogP contribution in [0, 0.1) is 5.92 Å². The fourth-order valence-corrected chi connectivity index (χ4v) is 2.62. The van der Waals surface area contributed by atoms with E-state index in [1.165, 1.54) is 5.56 Å². The monoisotopic (exact) mass is 328 g/mol. The fourth-order valence-electron chi connectivity index (χ4n) is 2.42. The molecule has 122 valence electrons. The van der Waals surface area contributed by atoms with E-state index in [0.717, 1.165) is 30.8 Å². The molecular weight excluding hydrogens is 304 g/mol. The molecule has 0 amide bonds. The molecule has 3 nitrogen and oxygen atoms in total. The van der Waals surface area contributed by atoms with Crippen molar-refractivity contribution in [3.8, 4) is 5.75 Å². The van der Waals surface area contributed by atoms with Crippen LogP contribution in [0.15, 0.2) is 54.6 Å². The highest BCUT2D eigenvalue weighted by atomic mass is 32.1. The number of nitrogens with one attached hydrogen (secondary N) is 2. The highest BCUT2D eigenvalue weighted by molar-refractivity contribution is 7.80. The molecule has 0 radical (unpaired) electrons. The van der Waals surface area contributed by atoms with E-state index in [-0.39, 0.29) is 0 Å². The molecule has 0 aromatic heterocycles. The molecule has 0 spiro atoms. The number of rotatable bonds is 7. The van der Waals surface area contributed by atoms with Crippen molar-refractivity contribution < 1.29 is 4.74 Å². The number of benzene rings is 2. The summed E-state index contributed by atoms with van der Waals surface area (Å²) in [6, 6.07) is 18.3. The minimum Gasteiger partial charge on any atom is -0.497 e. The standard InChI is InChI=1S/C19H24N2OS/c1-3-15(12-16-8-5-4-6-9-16)14-20-19(23)21-17-10-7-11-18(13-17)22-2/h4-11,13,15H,3,12,14H2,1-2H3,(H2,20,21,23). The van der Waals surface area contributed by atoms with Crippen LogP contribution < -0.4 is 15.4 Å². The summed E-state index contributed by atoms with van der Waals surface area (Å²) < 4.78 is 5.21. The summed E-state index contributed by atoms with van der Waals surface area (Å²) in [4.78, 5) is 0. The molecule has 0 saturated heterocycles. The van der Waals surface area contributed by atoms with Crippen molar-refractivity contribution in [2.75, 3.05) is 19.0 Å². The largest absolute Gasteiger partial charge is 0.497 e. The van der Waals surface area contributed by atoms with Crippen LogP contribution in [-0.4, -0.2) is 18.8 Å². The zero-order valence-electron chi connectivity index (χ0n) is 13.7. The molecule has 0 aliphatic carbocycles. The van der Waals surface area contributed by atoms with E-state index in [9.17, 15) is 0 Å². The second-order valence-corrected chi connectivity index (χ2v) is 5.94. The predicted molar refractivity (Wildman–Crippen MR) is 101 cm³/mol. The molecule has 0 bridgehead atoms. The van der Waals surface area contributed by atoms with Crippen molar-refractivity contribution in [1.29, 1.82) is 0 Å². The molecule has 4 heteroatoms. The lowest BCUT2D eigenvalue weighted by Crippen LogP contribution is -2.33. The van der Waals surface area contributed by atoms with Crippen LogP contribution in [0.3, 0.4) is 0 Å². The van der Waals surface area contributed by atoms with Gasteiger partial charge in [-0.25, -0.2) is 0 Å². The van der Waals surface area contributed by atoms with Gasteiger partial charge < -0.3 is 15.4 Å². The third kappa shape index (κ3) is 5.91. The minimum atomic E-state index is 0.558. The maximum Gasteiger partial charge on any atom is 0.170 e. The van der Waals surface area contributed by atoms with Crippen LogP contribution >= 0.6 is 12.2 Å². The Hall–Kier alpha value is -2.07. The zero-order chi connectivity index (χ0) is 16.5. The van der Waals surface area contributed by atoms with Gasteiger partial charge in [0.2, 0.25) is 0 Å². The summed E-state index contributed by atoms with van der Waals surface area (Å²) in [5, 5.41) is 7.16. The lowest BCUT2D eigenvalue weighted by Gasteiger charge is -2.18. The molecule has 2 aromatic rings. The Morgan fingerprint density at radius 3 is 2.61 bits per heavy atom. The first-order valence-electron chi connectivity index (χ1n) is 7.94. The summed E-state index contributed by atoms with van der Waals surface area (Å²) in [5.74, 6) is 1.37. The normalized spacial score (nSPS) is 11.6. The van der Waals surface area contributed by atoms with E-state index in [2.05, 4.69) is 47.9 Å². The van der Waals surface area contributed by atoms with Gasteiger partial charge in [-0.2, -0.15) is 0 Å². The molecular formula is C19H24N2OS. The van der Waals surface area contributed by atoms with Crippen molar-refractivity contribution in [2.45, 2.75) is 19.8 Å². The smallest absolute Gasteiger partial charge is 0.170 e. The number of methoxy groups -OCH3 is 1. The van der Waals surface area contributed by atoms with Crippen LogP contribution in [0.5, 0.6) is 5.75 Å². The second-order valence-electron chi connectivity index (χ2n) is 5.53. The maximum atomic E-state index is 5.38. The number of thiocarbonyl (C=S) groups is 1. The highest BCUT2D eigenvalue weighted by Crippen LogP contribution is 2.16. The molecule has 0 aliphatic heterocycles. The molecule has 0 saturated carbocycles. The van der Waals surface area contributed by atoms with Crippen molar-refractivity contribution in [3.05, 3.63) is 60.2 Å². The maximum absolute atomic E-state index is 5.38. The van der Waals surface area contributed by atoms with E-state index in [1.807, 2.05) is 24.3 Å². The molecule has 23 heavy (non-hydrogen) atoms. The number of hydrogen-bond acceptors (Lipinski definition) is 2. The highest BCUT2D eigenvalue weighted by Gasteiger charge is 2.08. The van der Waals surface area contributed by atoms with Crippen LogP contribution in [0.4, 0.5) is 5.69 Å². The first-order valence-corrected chi connectivity index (χ1v) is 8.35. The zero-order valence-corrected chi connectivity index (χ0v) is 14.5. The van der Waals surface area contributed by atoms with Crippen molar-refractivity contribution in [1.82, 2.24) is 5.32 Å². The topological polar surface area (TPSA) is 33.3 Å². The lowest BCUT2D eigenvalue weighted by molar-refractivity contribution is 0.415. The van der Waals surface area contributed by atoms with Gasteiger partial charge >= 0.3 is 0 Å². The molecule has 1 atom stereocenters. The van der Waals surface area contributed by atoms with E-state index in [1.54, 1.807) is 7.11 Å². The summed E-state index contributed by atoms with van der Waals surface area (Å²) in [7, 11) is 1.66. The second kappa shape index (κ2) is 9.16. The quantitative estimate of drug-likeness (QED) is 0.745. The van der Waals surface area contributed by atoms with Crippen molar-refractivity contribution in [3.63, 3.8) is 0 Å². The number of ether oxygens (including phenoxy) is 1. The third-order valence-electron chi connectivity index (χ3n) is 3.82. The number of hydrogen-bond donors (Lipinski definition) is 2. The van der Waals surface area contributed by atoms with E-state index in [0.29, 0.717) is 11.0 Å². The molecule has 2 aromatic carbocycles. The van der Waals surface area contributed by atoms with Crippen molar-refractivity contribution >= 4 is 23.0 Å². The Labute approximate surface area is 144 Å². The molecule has 1 unspecified atom stereocenters. The van der Waals surface area contributed by atoms with Crippen LogP contribution in [0.2, 0.25) is 0 Å². The summed E-state index contributed by atoms with van der Waals surface area (Å²) in [5.41, 5.74) is 2.30. The average molecular weight is 328 g/mol. The minimum absolute atomic E-state index is 0.558. The third-order valence-corrected chi connectivity index (χ3v) is 4.07. The number of anilines is 1. The SMILES string of the molecule is CCC(CNC(=S)Nc1cccc(OC)c1)Cc1ccccc1. The van der Waals surface area contributed by atoms with Crippen LogP contribution in [-0.2, 0) is 6.42 Å². The predicted octanol–water partition coefficient (Wildman–Crippen LogP) is 4.25. The Kier molecular flexibility index (Phi) is 6.88. The molecule has 0 heterocycles. The fraction of sp³-hybridized carbons (Fsp3) is 0.316. The summed E-state index contributed by atoms with van der Waals surface area (Å²) in [6.45, 7) is 3.08. The van der Waals surface area contributed by atoms with Gasteiger partial charge in [-0.05, 0) is 42.3 Å². The van der Waals surface area contributed by atoms with Gasteiger partial charge in [0, 0.05) is 18.3 Å². The van der Waals surface area contributed by atoms with E-state index < -0.39 is 0 Å². The average Bonchev–Trinajstić information content (AvgIpc) is 2.59.